The van der Waals surface area contributed by atoms with E-state index in [-0.39, 0.29) is 10.5 Å². The van der Waals surface area contributed by atoms with E-state index in [0.717, 1.165) is 6.21 Å². The van der Waals surface area contributed by atoms with Gasteiger partial charge < -0.3 is 5.21 Å². The first-order valence-electron chi connectivity index (χ1n) is 4.14. The van der Waals surface area contributed by atoms with Crippen molar-refractivity contribution in [3.8, 4) is 0 Å². The minimum Gasteiger partial charge on any atom is -0.722 e. The predicted molar refractivity (Wildman–Crippen MR) is 57.7 cm³/mol. The first-order chi connectivity index (χ1) is 7.50. The summed E-state index contributed by atoms with van der Waals surface area (Å²) in [6.07, 6.45) is 1.12. The Balaban J connectivity index is 2.95. The van der Waals surface area contributed by atoms with Gasteiger partial charge in [0.25, 0.3) is 5.69 Å². The average Bonchev–Trinajstić information content (AvgIpc) is 2.26. The summed E-state index contributed by atoms with van der Waals surface area (Å²) in [6, 6.07) is 5.63. The number of nitrogens with two attached hydrogens (primary N) is 2. The van der Waals surface area contributed by atoms with Crippen LogP contribution in [0.25, 0.3) is 0 Å². The number of benzene rings is 1. The maximum atomic E-state index is 10.8. The molecule has 0 aliphatic heterocycles. The highest BCUT2D eigenvalue weighted by atomic mass is 16.6. The van der Waals surface area contributed by atoms with Gasteiger partial charge in [0.1, 0.15) is 0 Å². The SMILES string of the molecule is NC(N)=[N+]([O-])/N=C/c1cccc([N+](=O)[O-])c1. The molecule has 0 aliphatic rings. The second-order valence-electron chi connectivity index (χ2n) is 2.79. The number of hydrazone groups is 1. The molecule has 0 aromatic heterocycles. The van der Waals surface area contributed by atoms with Gasteiger partial charge in [-0.3, -0.25) is 21.6 Å². The fourth-order valence-electron chi connectivity index (χ4n) is 0.904. The molecular formula is C8H9N5O3. The van der Waals surface area contributed by atoms with Crippen LogP contribution in [0.3, 0.4) is 0 Å². The van der Waals surface area contributed by atoms with Gasteiger partial charge in [0, 0.05) is 17.7 Å². The van der Waals surface area contributed by atoms with E-state index in [9.17, 15) is 15.3 Å². The molecule has 4 N–H and O–H groups in total. The summed E-state index contributed by atoms with van der Waals surface area (Å²) in [5, 5.41) is 24.6. The molecule has 0 saturated heterocycles. The first-order valence-corrected chi connectivity index (χ1v) is 4.14. The van der Waals surface area contributed by atoms with Gasteiger partial charge in [-0.2, -0.15) is 0 Å². The van der Waals surface area contributed by atoms with E-state index >= 15 is 0 Å². The maximum Gasteiger partial charge on any atom is 0.366 e. The van der Waals surface area contributed by atoms with Crippen LogP contribution in [0.5, 0.6) is 0 Å². The van der Waals surface area contributed by atoms with Crippen LogP contribution in [0.1, 0.15) is 5.56 Å². The van der Waals surface area contributed by atoms with Gasteiger partial charge in [0.15, 0.2) is 0 Å². The smallest absolute Gasteiger partial charge is 0.366 e. The zero-order chi connectivity index (χ0) is 12.1. The normalized spacial score (nSPS) is 10.2. The largest absolute Gasteiger partial charge is 0.722 e. The van der Waals surface area contributed by atoms with E-state index in [2.05, 4.69) is 5.10 Å². The van der Waals surface area contributed by atoms with Gasteiger partial charge in [-0.15, -0.1) is 9.95 Å². The Labute approximate surface area is 90.2 Å². The summed E-state index contributed by atoms with van der Waals surface area (Å²) in [5.74, 6) is -0.512. The lowest BCUT2D eigenvalue weighted by Crippen LogP contribution is -2.30. The van der Waals surface area contributed by atoms with Crippen LogP contribution < -0.4 is 11.5 Å². The Morgan fingerprint density at radius 3 is 2.62 bits per heavy atom. The Hall–Kier alpha value is -2.64. The highest BCUT2D eigenvalue weighted by molar-refractivity contribution is 5.80. The summed E-state index contributed by atoms with van der Waals surface area (Å²) in [4.78, 5) is 9.91. The summed E-state index contributed by atoms with van der Waals surface area (Å²) >= 11 is 0. The second-order valence-corrected chi connectivity index (χ2v) is 2.79. The molecular weight excluding hydrogens is 214 g/mol. The molecule has 0 fully saturated rings. The molecule has 0 bridgehead atoms. The van der Waals surface area contributed by atoms with Crippen LogP contribution in [0, 0.1) is 15.3 Å². The molecule has 0 aliphatic carbocycles. The van der Waals surface area contributed by atoms with E-state index in [1.165, 1.54) is 18.2 Å². The molecule has 0 atom stereocenters. The highest BCUT2D eigenvalue weighted by Crippen LogP contribution is 2.11. The molecule has 1 aromatic carbocycles. The van der Waals surface area contributed by atoms with Crippen LogP contribution in [0.15, 0.2) is 29.4 Å². The van der Waals surface area contributed by atoms with Crippen molar-refractivity contribution in [1.29, 1.82) is 0 Å². The third kappa shape index (κ3) is 2.94. The fourth-order valence-corrected chi connectivity index (χ4v) is 0.904. The zero-order valence-corrected chi connectivity index (χ0v) is 8.11. The number of guanidine groups is 1. The minimum atomic E-state index is -0.546. The molecule has 0 saturated carbocycles. The standard InChI is InChI=1S/C8H9N5O3/c9-8(10)12(14)11-5-6-2-1-3-7(4-6)13(15)16/h1-5H,9-10H2/b11-5+. The quantitative estimate of drug-likeness (QED) is 0.181. The van der Waals surface area contributed by atoms with Gasteiger partial charge in [-0.05, 0) is 0 Å². The van der Waals surface area contributed by atoms with Crippen LogP contribution in [0.4, 0.5) is 5.69 Å². The molecule has 1 aromatic rings. The maximum absolute atomic E-state index is 10.8. The molecule has 84 valence electrons. The van der Waals surface area contributed by atoms with Crippen LogP contribution in [0.2, 0.25) is 0 Å². The summed E-state index contributed by atoms with van der Waals surface area (Å²) in [7, 11) is 0. The van der Waals surface area contributed by atoms with Gasteiger partial charge in [-0.25, -0.2) is 0 Å². The number of hydrogen-bond acceptors (Lipinski definition) is 4. The second kappa shape index (κ2) is 4.73. The van der Waals surface area contributed by atoms with Crippen molar-refractivity contribution in [3.63, 3.8) is 0 Å². The summed E-state index contributed by atoms with van der Waals surface area (Å²) in [5.41, 5.74) is 10.2. The number of nitrogens with zero attached hydrogens (tertiary/aromatic N) is 3. The van der Waals surface area contributed by atoms with Crippen molar-refractivity contribution >= 4 is 17.9 Å². The van der Waals surface area contributed by atoms with E-state index in [0.29, 0.717) is 5.56 Å². The third-order valence-electron chi connectivity index (χ3n) is 1.61. The van der Waals surface area contributed by atoms with Gasteiger partial charge >= 0.3 is 5.96 Å². The van der Waals surface area contributed by atoms with Crippen molar-refractivity contribution in [3.05, 3.63) is 45.2 Å². The summed E-state index contributed by atoms with van der Waals surface area (Å²) in [6.45, 7) is 0. The minimum absolute atomic E-state index is 0.0127. The molecule has 0 unspecified atom stereocenters. The molecule has 0 spiro atoms. The van der Waals surface area contributed by atoms with Crippen molar-refractivity contribution in [2.24, 2.45) is 16.6 Å². The monoisotopic (exact) mass is 223 g/mol. The van der Waals surface area contributed by atoms with Crippen molar-refractivity contribution < 1.29 is 9.77 Å². The van der Waals surface area contributed by atoms with E-state index in [1.54, 1.807) is 6.07 Å². The lowest BCUT2D eigenvalue weighted by Gasteiger charge is -2.02. The zero-order valence-electron chi connectivity index (χ0n) is 8.11. The average molecular weight is 223 g/mol. The molecule has 0 radical (unpaired) electrons. The van der Waals surface area contributed by atoms with Gasteiger partial charge in [0.2, 0.25) is 0 Å². The fraction of sp³-hybridized carbons (Fsp3) is 0. The predicted octanol–water partition coefficient (Wildman–Crippen LogP) is -0.288. The number of rotatable bonds is 3. The molecule has 8 heteroatoms. The topological polar surface area (TPSA) is 134 Å². The Kier molecular flexibility index (Phi) is 3.38. The Morgan fingerprint density at radius 2 is 2.06 bits per heavy atom. The lowest BCUT2D eigenvalue weighted by molar-refractivity contribution is -0.463. The number of nitro benzene ring substituents is 1. The summed E-state index contributed by atoms with van der Waals surface area (Å²) < 4.78 is 0. The van der Waals surface area contributed by atoms with E-state index in [1.807, 2.05) is 0 Å². The first kappa shape index (κ1) is 11.4. The van der Waals surface area contributed by atoms with Crippen molar-refractivity contribution in [2.75, 3.05) is 0 Å². The molecule has 0 amide bonds. The lowest BCUT2D eigenvalue weighted by atomic mass is 10.2. The van der Waals surface area contributed by atoms with Gasteiger partial charge in [0.05, 0.1) is 11.1 Å². The molecule has 8 nitrogen and oxygen atoms in total. The third-order valence-corrected chi connectivity index (χ3v) is 1.61. The molecule has 1 rings (SSSR count). The number of nitro groups is 1. The van der Waals surface area contributed by atoms with Crippen LogP contribution >= 0.6 is 0 Å². The Bertz CT molecular complexity index is 464. The van der Waals surface area contributed by atoms with Crippen LogP contribution in [-0.4, -0.2) is 21.9 Å². The number of non-ortho nitro benzene ring substituents is 1. The van der Waals surface area contributed by atoms with Crippen LogP contribution in [-0.2, 0) is 0 Å². The molecule has 0 heterocycles. The van der Waals surface area contributed by atoms with Crippen molar-refractivity contribution in [1.82, 2.24) is 0 Å². The number of hydrogen-bond donors (Lipinski definition) is 2. The van der Waals surface area contributed by atoms with E-state index in [4.69, 9.17) is 11.5 Å². The van der Waals surface area contributed by atoms with E-state index < -0.39 is 10.9 Å². The Morgan fingerprint density at radius 1 is 1.38 bits per heavy atom. The van der Waals surface area contributed by atoms with Crippen molar-refractivity contribution in [2.45, 2.75) is 0 Å². The molecule has 16 heavy (non-hydrogen) atoms. The van der Waals surface area contributed by atoms with Gasteiger partial charge in [-0.1, -0.05) is 12.1 Å². The highest BCUT2D eigenvalue weighted by Gasteiger charge is 2.03.